The van der Waals surface area contributed by atoms with Crippen molar-refractivity contribution < 1.29 is 0 Å². The molecule has 0 saturated heterocycles. The summed E-state index contributed by atoms with van der Waals surface area (Å²) in [6.07, 6.45) is 1.97. The van der Waals surface area contributed by atoms with Gasteiger partial charge in [0.1, 0.15) is 0 Å². The Kier molecular flexibility index (Phi) is 3.11. The average molecular weight is 164 g/mol. The summed E-state index contributed by atoms with van der Waals surface area (Å²) in [6.45, 7) is 2.01. The fourth-order valence-electron chi connectivity index (χ4n) is 1.15. The monoisotopic (exact) mass is 164 g/mol. The Morgan fingerprint density at radius 3 is 2.58 bits per heavy atom. The van der Waals surface area contributed by atoms with Crippen molar-refractivity contribution in [3.05, 3.63) is 29.8 Å². The van der Waals surface area contributed by atoms with E-state index in [1.165, 1.54) is 5.56 Å². The van der Waals surface area contributed by atoms with Crippen LogP contribution in [0.25, 0.3) is 0 Å². The molecule has 1 aromatic carbocycles. The van der Waals surface area contributed by atoms with E-state index >= 15 is 0 Å². The van der Waals surface area contributed by atoms with E-state index in [0.29, 0.717) is 0 Å². The van der Waals surface area contributed by atoms with E-state index < -0.39 is 0 Å². The molecule has 0 radical (unpaired) electrons. The molecule has 0 fully saturated rings. The fraction of sp³-hybridized carbons (Fsp3) is 0.400. The molecule has 1 atom stereocenters. The number of nitrogens with two attached hydrogens (primary N) is 2. The first kappa shape index (κ1) is 9.07. The topological polar surface area (TPSA) is 52.0 Å². The number of aryl methyl sites for hydroxylation is 1. The van der Waals surface area contributed by atoms with Gasteiger partial charge in [-0.05, 0) is 31.4 Å². The second kappa shape index (κ2) is 4.12. The highest BCUT2D eigenvalue weighted by Gasteiger charge is 1.99. The SMILES string of the molecule is CC(N)CCc1ccccc1N. The van der Waals surface area contributed by atoms with E-state index in [1.54, 1.807) is 0 Å². The van der Waals surface area contributed by atoms with Crippen LogP contribution in [0.1, 0.15) is 18.9 Å². The minimum Gasteiger partial charge on any atom is -0.399 e. The van der Waals surface area contributed by atoms with E-state index in [4.69, 9.17) is 11.5 Å². The third-order valence-electron chi connectivity index (χ3n) is 1.92. The second-order valence-electron chi connectivity index (χ2n) is 3.21. The quantitative estimate of drug-likeness (QED) is 0.666. The molecular weight excluding hydrogens is 148 g/mol. The summed E-state index contributed by atoms with van der Waals surface area (Å²) >= 11 is 0. The van der Waals surface area contributed by atoms with Crippen molar-refractivity contribution in [2.24, 2.45) is 5.73 Å². The lowest BCUT2D eigenvalue weighted by Gasteiger charge is -2.06. The Balaban J connectivity index is 2.57. The van der Waals surface area contributed by atoms with Crippen LogP contribution < -0.4 is 11.5 Å². The van der Waals surface area contributed by atoms with Crippen molar-refractivity contribution in [3.8, 4) is 0 Å². The van der Waals surface area contributed by atoms with Gasteiger partial charge in [0.2, 0.25) is 0 Å². The summed E-state index contributed by atoms with van der Waals surface area (Å²) < 4.78 is 0. The van der Waals surface area contributed by atoms with Gasteiger partial charge >= 0.3 is 0 Å². The zero-order chi connectivity index (χ0) is 8.97. The molecule has 12 heavy (non-hydrogen) atoms. The molecule has 1 rings (SSSR count). The Morgan fingerprint density at radius 2 is 2.00 bits per heavy atom. The molecule has 1 unspecified atom stereocenters. The summed E-state index contributed by atoms with van der Waals surface area (Å²) in [6, 6.07) is 8.19. The van der Waals surface area contributed by atoms with Gasteiger partial charge in [0.15, 0.2) is 0 Å². The number of para-hydroxylation sites is 1. The molecule has 4 N–H and O–H groups in total. The smallest absolute Gasteiger partial charge is 0.0346 e. The van der Waals surface area contributed by atoms with Crippen molar-refractivity contribution >= 4 is 5.69 Å². The first-order valence-electron chi connectivity index (χ1n) is 4.29. The average Bonchev–Trinajstić information content (AvgIpc) is 2.03. The van der Waals surface area contributed by atoms with Crippen LogP contribution in [0.4, 0.5) is 5.69 Å². The van der Waals surface area contributed by atoms with Gasteiger partial charge in [0, 0.05) is 11.7 Å². The van der Waals surface area contributed by atoms with Crippen molar-refractivity contribution in [2.75, 3.05) is 5.73 Å². The van der Waals surface area contributed by atoms with Crippen LogP contribution >= 0.6 is 0 Å². The van der Waals surface area contributed by atoms with Crippen LogP contribution in [0, 0.1) is 0 Å². The van der Waals surface area contributed by atoms with Crippen molar-refractivity contribution in [1.82, 2.24) is 0 Å². The summed E-state index contributed by atoms with van der Waals surface area (Å²) in [4.78, 5) is 0. The molecule has 0 saturated carbocycles. The summed E-state index contributed by atoms with van der Waals surface area (Å²) in [7, 11) is 0. The Bertz CT molecular complexity index is 243. The minimum absolute atomic E-state index is 0.254. The van der Waals surface area contributed by atoms with Gasteiger partial charge in [-0.25, -0.2) is 0 Å². The third kappa shape index (κ3) is 2.55. The Hall–Kier alpha value is -1.02. The number of hydrogen-bond acceptors (Lipinski definition) is 2. The largest absolute Gasteiger partial charge is 0.399 e. The highest BCUT2D eigenvalue weighted by Crippen LogP contribution is 2.12. The maximum Gasteiger partial charge on any atom is 0.0346 e. The van der Waals surface area contributed by atoms with E-state index in [-0.39, 0.29) is 6.04 Å². The molecule has 0 aliphatic rings. The molecule has 0 bridgehead atoms. The number of rotatable bonds is 3. The first-order valence-corrected chi connectivity index (χ1v) is 4.29. The molecule has 0 amide bonds. The van der Waals surface area contributed by atoms with Crippen LogP contribution in [-0.2, 0) is 6.42 Å². The lowest BCUT2D eigenvalue weighted by molar-refractivity contribution is 0.667. The third-order valence-corrected chi connectivity index (χ3v) is 1.92. The molecule has 0 aromatic heterocycles. The van der Waals surface area contributed by atoms with Crippen LogP contribution in [0.3, 0.4) is 0 Å². The van der Waals surface area contributed by atoms with E-state index in [2.05, 4.69) is 6.07 Å². The van der Waals surface area contributed by atoms with Gasteiger partial charge in [-0.2, -0.15) is 0 Å². The maximum absolute atomic E-state index is 5.77. The number of hydrogen-bond donors (Lipinski definition) is 2. The summed E-state index contributed by atoms with van der Waals surface area (Å²) in [5.41, 5.74) is 13.5. The van der Waals surface area contributed by atoms with E-state index in [1.807, 2.05) is 25.1 Å². The van der Waals surface area contributed by atoms with Crippen LogP contribution in [0.2, 0.25) is 0 Å². The first-order chi connectivity index (χ1) is 5.70. The van der Waals surface area contributed by atoms with Gasteiger partial charge in [-0.1, -0.05) is 18.2 Å². The highest BCUT2D eigenvalue weighted by molar-refractivity contribution is 5.46. The van der Waals surface area contributed by atoms with Crippen molar-refractivity contribution in [1.29, 1.82) is 0 Å². The molecule has 1 aromatic rings. The Morgan fingerprint density at radius 1 is 1.33 bits per heavy atom. The molecule has 0 aliphatic heterocycles. The molecular formula is C10H16N2. The van der Waals surface area contributed by atoms with E-state index in [0.717, 1.165) is 18.5 Å². The van der Waals surface area contributed by atoms with Crippen LogP contribution in [0.15, 0.2) is 24.3 Å². The highest BCUT2D eigenvalue weighted by atomic mass is 14.6. The maximum atomic E-state index is 5.77. The summed E-state index contributed by atoms with van der Waals surface area (Å²) in [5, 5.41) is 0. The normalized spacial score (nSPS) is 12.8. The van der Waals surface area contributed by atoms with Gasteiger partial charge < -0.3 is 11.5 Å². The lowest BCUT2D eigenvalue weighted by atomic mass is 10.1. The molecule has 66 valence electrons. The molecule has 2 heteroatoms. The Labute approximate surface area is 73.6 Å². The van der Waals surface area contributed by atoms with Crippen LogP contribution in [-0.4, -0.2) is 6.04 Å². The zero-order valence-corrected chi connectivity index (χ0v) is 7.46. The molecule has 0 spiro atoms. The minimum atomic E-state index is 0.254. The molecule has 0 heterocycles. The lowest BCUT2D eigenvalue weighted by Crippen LogP contribution is -2.15. The van der Waals surface area contributed by atoms with Crippen molar-refractivity contribution in [2.45, 2.75) is 25.8 Å². The zero-order valence-electron chi connectivity index (χ0n) is 7.46. The van der Waals surface area contributed by atoms with Gasteiger partial charge in [0.05, 0.1) is 0 Å². The fourth-order valence-corrected chi connectivity index (χ4v) is 1.15. The predicted octanol–water partition coefficient (Wildman–Crippen LogP) is 1.55. The molecule has 2 nitrogen and oxygen atoms in total. The standard InChI is InChI=1S/C10H16N2/c1-8(11)6-7-9-4-2-3-5-10(9)12/h2-5,8H,6-7,11-12H2,1H3. The number of anilines is 1. The van der Waals surface area contributed by atoms with Crippen molar-refractivity contribution in [3.63, 3.8) is 0 Å². The van der Waals surface area contributed by atoms with Crippen LogP contribution in [0.5, 0.6) is 0 Å². The predicted molar refractivity (Wildman–Crippen MR) is 52.8 cm³/mol. The molecule has 0 aliphatic carbocycles. The van der Waals surface area contributed by atoms with E-state index in [9.17, 15) is 0 Å². The van der Waals surface area contributed by atoms with Gasteiger partial charge in [0.25, 0.3) is 0 Å². The number of benzene rings is 1. The van der Waals surface area contributed by atoms with Gasteiger partial charge in [-0.3, -0.25) is 0 Å². The summed E-state index contributed by atoms with van der Waals surface area (Å²) in [5.74, 6) is 0. The number of nitrogen functional groups attached to an aromatic ring is 1. The van der Waals surface area contributed by atoms with Gasteiger partial charge in [-0.15, -0.1) is 0 Å². The second-order valence-corrected chi connectivity index (χ2v) is 3.21.